The Balaban J connectivity index is 0.000000184. The van der Waals surface area contributed by atoms with Crippen LogP contribution in [0, 0.1) is 0 Å². The van der Waals surface area contributed by atoms with Crippen molar-refractivity contribution in [3.05, 3.63) is 233 Å². The lowest BCUT2D eigenvalue weighted by Crippen LogP contribution is -2.33. The van der Waals surface area contributed by atoms with E-state index in [0.717, 1.165) is 30.3 Å². The number of likely N-dealkylation sites (N-methyl/N-ethyl adjacent to an activating group) is 1. The normalized spacial score (nSPS) is 14.8. The number of allylic oxidation sites excluding steroid dienone is 9. The highest BCUT2D eigenvalue weighted by Crippen LogP contribution is 2.49. The number of rotatable bonds is 10. The van der Waals surface area contributed by atoms with Gasteiger partial charge in [-0.1, -0.05) is 171 Å². The third-order valence-electron chi connectivity index (χ3n) is 12.1. The molecule has 330 valence electrons. The van der Waals surface area contributed by atoms with E-state index in [1.54, 1.807) is 0 Å². The van der Waals surface area contributed by atoms with E-state index in [2.05, 4.69) is 277 Å². The van der Waals surface area contributed by atoms with Gasteiger partial charge in [0.1, 0.15) is 28.3 Å². The van der Waals surface area contributed by atoms with E-state index in [4.69, 9.17) is 0 Å². The summed E-state index contributed by atoms with van der Waals surface area (Å²) in [7, 11) is 2.16. The monoisotopic (exact) mass is 901 g/mol. The number of anilines is 5. The maximum absolute atomic E-state index is 2.37. The molecule has 0 amide bonds. The first-order valence-electron chi connectivity index (χ1n) is 22.4. The molecule has 0 radical (unpaired) electrons. The second-order valence-electron chi connectivity index (χ2n) is 16.4. The number of fused-ring (bicyclic) bond motifs is 4. The summed E-state index contributed by atoms with van der Waals surface area (Å²) in [5, 5.41) is 2.54. The fourth-order valence-electron chi connectivity index (χ4n) is 9.04. The number of benzene rings is 6. The number of thiazole rings is 2. The first-order valence-corrected chi connectivity index (χ1v) is 24.1. The molecular formula is C59H59N5S2+2. The van der Waals surface area contributed by atoms with Crippen LogP contribution in [0.2, 0.25) is 0 Å². The Bertz CT molecular complexity index is 3060. The van der Waals surface area contributed by atoms with Crippen LogP contribution in [-0.2, 0) is 18.5 Å². The van der Waals surface area contributed by atoms with Crippen LogP contribution in [0.1, 0.15) is 50.7 Å². The lowest BCUT2D eigenvalue weighted by atomic mass is 9.84. The SMILES string of the molecule is C.CC[n+]1c(/C=C/C=C/C=C2/N(C)c3ccccc3C2(C)C)sc2ccccc21.CC[n+]1c(C=CC=CC=C2N(c3ccccc3)c3ccccc3N2c2ccccc2)sc2ccccc21. The summed E-state index contributed by atoms with van der Waals surface area (Å²) >= 11 is 3.67. The fourth-order valence-corrected chi connectivity index (χ4v) is 11.3. The topological polar surface area (TPSA) is 17.5 Å². The predicted molar refractivity (Wildman–Crippen MR) is 286 cm³/mol. The Hall–Kier alpha value is -7.06. The van der Waals surface area contributed by atoms with Gasteiger partial charge >= 0.3 is 0 Å². The van der Waals surface area contributed by atoms with Crippen molar-refractivity contribution in [2.45, 2.75) is 53.6 Å². The zero-order chi connectivity index (χ0) is 44.8. The van der Waals surface area contributed by atoms with Crippen LogP contribution < -0.4 is 23.8 Å². The van der Waals surface area contributed by atoms with E-state index >= 15 is 0 Å². The second kappa shape index (κ2) is 20.4. The number of aryl methyl sites for hydroxylation is 2. The quantitative estimate of drug-likeness (QED) is 0.101. The number of para-hydroxylation sites is 7. The summed E-state index contributed by atoms with van der Waals surface area (Å²) in [5.74, 6) is 1.09. The van der Waals surface area contributed by atoms with E-state index < -0.39 is 0 Å². The molecule has 6 aromatic carbocycles. The van der Waals surface area contributed by atoms with Crippen LogP contribution in [0.4, 0.5) is 28.4 Å². The molecule has 2 aliphatic rings. The van der Waals surface area contributed by atoms with Gasteiger partial charge in [0.2, 0.25) is 11.0 Å². The van der Waals surface area contributed by atoms with E-state index in [1.165, 1.54) is 58.8 Å². The van der Waals surface area contributed by atoms with Gasteiger partial charge < -0.3 is 4.90 Å². The number of hydrogen-bond donors (Lipinski definition) is 0. The highest BCUT2D eigenvalue weighted by Gasteiger charge is 2.38. The Morgan fingerprint density at radius 2 is 0.909 bits per heavy atom. The summed E-state index contributed by atoms with van der Waals surface area (Å²) < 4.78 is 7.39. The molecule has 0 fully saturated rings. The van der Waals surface area contributed by atoms with Crippen molar-refractivity contribution in [1.29, 1.82) is 0 Å². The molecule has 66 heavy (non-hydrogen) atoms. The molecule has 7 heteroatoms. The van der Waals surface area contributed by atoms with Gasteiger partial charge in [0.05, 0.1) is 11.4 Å². The molecule has 2 aliphatic heterocycles. The molecule has 4 heterocycles. The third-order valence-corrected chi connectivity index (χ3v) is 14.4. The van der Waals surface area contributed by atoms with Crippen molar-refractivity contribution >= 4 is 83.7 Å². The maximum Gasteiger partial charge on any atom is 0.262 e. The van der Waals surface area contributed by atoms with E-state index in [1.807, 2.05) is 22.7 Å². The summed E-state index contributed by atoms with van der Waals surface area (Å²) in [6, 6.07) is 55.6. The largest absolute Gasteiger partial charge is 0.347 e. The van der Waals surface area contributed by atoms with Gasteiger partial charge in [-0.25, -0.2) is 0 Å². The minimum Gasteiger partial charge on any atom is -0.347 e. The van der Waals surface area contributed by atoms with E-state index in [9.17, 15) is 0 Å². The molecule has 0 saturated carbocycles. The highest BCUT2D eigenvalue weighted by atomic mass is 32.1. The molecule has 10 rings (SSSR count). The smallest absolute Gasteiger partial charge is 0.262 e. The molecule has 0 bridgehead atoms. The van der Waals surface area contributed by atoms with Crippen molar-refractivity contribution in [2.75, 3.05) is 21.7 Å². The summed E-state index contributed by atoms with van der Waals surface area (Å²) in [6.07, 6.45) is 21.7. The first kappa shape index (κ1) is 45.5. The van der Waals surface area contributed by atoms with E-state index in [0.29, 0.717) is 0 Å². The lowest BCUT2D eigenvalue weighted by Gasteiger charge is -2.25. The molecule has 2 aromatic heterocycles. The van der Waals surface area contributed by atoms with Gasteiger partial charge in [0.15, 0.2) is 0 Å². The average molecular weight is 902 g/mol. The van der Waals surface area contributed by atoms with Crippen LogP contribution >= 0.6 is 22.7 Å². The predicted octanol–water partition coefficient (Wildman–Crippen LogP) is 15.3. The van der Waals surface area contributed by atoms with Gasteiger partial charge in [0.25, 0.3) is 10.0 Å². The summed E-state index contributed by atoms with van der Waals surface area (Å²) in [6.45, 7) is 10.9. The molecule has 0 spiro atoms. The lowest BCUT2D eigenvalue weighted by molar-refractivity contribution is -0.665. The first-order chi connectivity index (χ1) is 31.9. The summed E-state index contributed by atoms with van der Waals surface area (Å²) in [4.78, 5) is 6.96. The van der Waals surface area contributed by atoms with Crippen molar-refractivity contribution in [3.8, 4) is 0 Å². The minimum atomic E-state index is 0. The van der Waals surface area contributed by atoms with Crippen LogP contribution in [0.25, 0.3) is 32.6 Å². The standard InChI is InChI=1S/C33H28N3S.C25H27N2S.CH4/c1-2-34-30-22-14-15-23-31(30)37-33(34)25-11-5-10-24-32-35(26-16-6-3-7-17-26)28-20-12-13-21-29(28)36(32)27-18-8-4-9-19-27;1-5-27-21-15-11-12-16-22(21)28-24(27)18-8-6-7-17-23-25(2,3)19-13-9-10-14-20(19)26(23)4;/h3-25H,2H2,1H3;6-18H,5H2,1-4H3;1H4/q2*+1;. The Kier molecular flexibility index (Phi) is 14.1. The molecule has 0 atom stereocenters. The van der Waals surface area contributed by atoms with Gasteiger partial charge in [0, 0.05) is 59.5 Å². The fraction of sp³-hybridized carbons (Fsp3) is 0.153. The highest BCUT2D eigenvalue weighted by molar-refractivity contribution is 7.19. The summed E-state index contributed by atoms with van der Waals surface area (Å²) in [5.41, 5.74) is 11.3. The van der Waals surface area contributed by atoms with E-state index in [-0.39, 0.29) is 12.8 Å². The van der Waals surface area contributed by atoms with Crippen LogP contribution in [0.15, 0.2) is 218 Å². The molecule has 0 saturated heterocycles. The number of aromatic nitrogens is 2. The molecule has 0 N–H and O–H groups in total. The minimum absolute atomic E-state index is 0. The molecule has 8 aromatic rings. The van der Waals surface area contributed by atoms with Crippen LogP contribution in [0.3, 0.4) is 0 Å². The second-order valence-corrected chi connectivity index (χ2v) is 18.5. The van der Waals surface area contributed by atoms with Crippen LogP contribution in [-0.4, -0.2) is 7.05 Å². The Morgan fingerprint density at radius 1 is 0.485 bits per heavy atom. The molecule has 0 unspecified atom stereocenters. The number of nitrogens with zero attached hydrogens (tertiary/aromatic N) is 5. The van der Waals surface area contributed by atoms with Crippen molar-refractivity contribution in [2.24, 2.45) is 0 Å². The van der Waals surface area contributed by atoms with Crippen molar-refractivity contribution in [1.82, 2.24) is 0 Å². The average Bonchev–Trinajstić information content (AvgIpc) is 4.05. The van der Waals surface area contributed by atoms with Gasteiger partial charge in [-0.3, -0.25) is 9.80 Å². The number of hydrogen-bond acceptors (Lipinski definition) is 5. The zero-order valence-electron chi connectivity index (χ0n) is 37.8. The maximum atomic E-state index is 2.37. The molecule has 0 aliphatic carbocycles. The Labute approximate surface area is 399 Å². The van der Waals surface area contributed by atoms with Crippen molar-refractivity contribution in [3.63, 3.8) is 0 Å². The Morgan fingerprint density at radius 3 is 1.39 bits per heavy atom. The van der Waals surface area contributed by atoms with Gasteiger partial charge in [-0.2, -0.15) is 9.13 Å². The van der Waals surface area contributed by atoms with Gasteiger partial charge in [-0.15, -0.1) is 0 Å². The van der Waals surface area contributed by atoms with Crippen molar-refractivity contribution < 1.29 is 9.13 Å². The molecular weight excluding hydrogens is 843 g/mol. The van der Waals surface area contributed by atoms with Gasteiger partial charge in [-0.05, 0) is 86.2 Å². The van der Waals surface area contributed by atoms with Crippen LogP contribution in [0.5, 0.6) is 0 Å². The third kappa shape index (κ3) is 8.97. The molecule has 5 nitrogen and oxygen atoms in total. The zero-order valence-corrected chi connectivity index (χ0v) is 39.4.